The lowest BCUT2D eigenvalue weighted by atomic mass is 10.2. The van der Waals surface area contributed by atoms with Gasteiger partial charge in [-0.1, -0.05) is 36.4 Å². The molecule has 2 N–H and O–H groups in total. The molecule has 8 nitrogen and oxygen atoms in total. The summed E-state index contributed by atoms with van der Waals surface area (Å²) in [5, 5.41) is 15.2. The summed E-state index contributed by atoms with van der Waals surface area (Å²) in [6.07, 6.45) is 5.54. The highest BCUT2D eigenvalue weighted by Gasteiger charge is 2.26. The number of pyridine rings is 1. The molecule has 1 amide bonds. The predicted molar refractivity (Wildman–Crippen MR) is 136 cm³/mol. The number of nitrogens with one attached hydrogen (secondary N) is 1. The number of aliphatic hydroxyl groups excluding tert-OH is 1. The summed E-state index contributed by atoms with van der Waals surface area (Å²) in [6.45, 7) is 0.694. The number of aryl methyl sites for hydroxylation is 1. The van der Waals surface area contributed by atoms with Crippen LogP contribution < -0.4 is 5.32 Å². The Kier molecular flexibility index (Phi) is 6.78. The van der Waals surface area contributed by atoms with Gasteiger partial charge in [-0.25, -0.2) is 15.0 Å². The Morgan fingerprint density at radius 1 is 1.00 bits per heavy atom. The van der Waals surface area contributed by atoms with Gasteiger partial charge in [0.05, 0.1) is 17.4 Å². The topological polar surface area (TPSA) is 104 Å². The van der Waals surface area contributed by atoms with Crippen molar-refractivity contribution in [2.24, 2.45) is 0 Å². The summed E-state index contributed by atoms with van der Waals surface area (Å²) in [6, 6.07) is 16.4. The Balaban J connectivity index is 0.000000271. The number of hydrogen-bond donors (Lipinski definition) is 2. The van der Waals surface area contributed by atoms with E-state index in [2.05, 4.69) is 38.5 Å². The van der Waals surface area contributed by atoms with Crippen LogP contribution in [-0.2, 0) is 11.2 Å². The molecule has 4 aromatic rings. The van der Waals surface area contributed by atoms with Crippen LogP contribution in [0.2, 0.25) is 0 Å². The lowest BCUT2D eigenvalue weighted by Gasteiger charge is -2.13. The van der Waals surface area contributed by atoms with Crippen molar-refractivity contribution in [1.29, 1.82) is 0 Å². The van der Waals surface area contributed by atoms with Crippen LogP contribution in [0.25, 0.3) is 22.0 Å². The van der Waals surface area contributed by atoms with Crippen molar-refractivity contribution in [3.8, 4) is 22.0 Å². The third kappa shape index (κ3) is 5.21. The molecule has 178 valence electrons. The Morgan fingerprint density at radius 2 is 1.86 bits per heavy atom. The van der Waals surface area contributed by atoms with Gasteiger partial charge in [-0.2, -0.15) is 0 Å². The number of anilines is 1. The van der Waals surface area contributed by atoms with Crippen molar-refractivity contribution in [2.45, 2.75) is 31.4 Å². The maximum absolute atomic E-state index is 10.6. The number of amides is 1. The standard InChI is InChI=1S/C21H17N5S.C5H9NO2/c1-2-5-15(6-3-1)20-24-18(13-27-20)16-10-12-23-21(25-16)26-17-9-8-14-7-4-11-22-19(14)17;1-6-3-2-4(7)5(6)8/h1-7,10-13,17H,8-9H2,(H,23,25,26);4,7H,2-3H2,1H3. The van der Waals surface area contributed by atoms with Gasteiger partial charge in [0.2, 0.25) is 5.95 Å². The predicted octanol–water partition coefficient (Wildman–Crippen LogP) is 3.97. The molecule has 35 heavy (non-hydrogen) atoms. The number of benzene rings is 1. The molecule has 3 aromatic heterocycles. The average molecular weight is 487 g/mol. The van der Waals surface area contributed by atoms with E-state index in [1.807, 2.05) is 41.9 Å². The van der Waals surface area contributed by atoms with Crippen LogP contribution in [0.3, 0.4) is 0 Å². The summed E-state index contributed by atoms with van der Waals surface area (Å²) >= 11 is 1.63. The molecule has 1 aliphatic carbocycles. The van der Waals surface area contributed by atoms with Gasteiger partial charge in [-0.15, -0.1) is 11.3 Å². The van der Waals surface area contributed by atoms with E-state index in [4.69, 9.17) is 10.1 Å². The van der Waals surface area contributed by atoms with Crippen molar-refractivity contribution in [1.82, 2.24) is 24.8 Å². The number of carbonyl (C=O) groups excluding carboxylic acids is 1. The number of aliphatic hydroxyl groups is 1. The fourth-order valence-corrected chi connectivity index (χ4v) is 5.01. The van der Waals surface area contributed by atoms with Crippen LogP contribution in [0.4, 0.5) is 5.95 Å². The zero-order chi connectivity index (χ0) is 24.2. The molecule has 1 fully saturated rings. The van der Waals surface area contributed by atoms with Gasteiger partial charge in [0.15, 0.2) is 0 Å². The third-order valence-electron chi connectivity index (χ3n) is 6.10. The highest BCUT2D eigenvalue weighted by Crippen LogP contribution is 2.32. The number of rotatable bonds is 4. The number of carbonyl (C=O) groups is 1. The molecule has 2 unspecified atom stereocenters. The number of aromatic nitrogens is 4. The van der Waals surface area contributed by atoms with Crippen molar-refractivity contribution >= 4 is 23.2 Å². The number of likely N-dealkylation sites (tertiary alicyclic amines) is 1. The molecular weight excluding hydrogens is 460 g/mol. The van der Waals surface area contributed by atoms with Crippen LogP contribution in [-0.4, -0.2) is 55.5 Å². The summed E-state index contributed by atoms with van der Waals surface area (Å²) < 4.78 is 0. The zero-order valence-corrected chi connectivity index (χ0v) is 20.2. The maximum Gasteiger partial charge on any atom is 0.251 e. The normalized spacial score (nSPS) is 18.7. The number of hydrogen-bond acceptors (Lipinski definition) is 8. The van der Waals surface area contributed by atoms with E-state index in [0.717, 1.165) is 40.5 Å². The van der Waals surface area contributed by atoms with E-state index in [1.165, 1.54) is 10.5 Å². The molecule has 0 radical (unpaired) electrons. The number of nitrogens with zero attached hydrogens (tertiary/aromatic N) is 5. The average Bonchev–Trinajstić information content (AvgIpc) is 3.62. The maximum atomic E-state index is 10.6. The number of likely N-dealkylation sites (N-methyl/N-ethyl adjacent to an activating group) is 1. The quantitative estimate of drug-likeness (QED) is 0.450. The lowest BCUT2D eigenvalue weighted by Crippen LogP contribution is -2.24. The first-order valence-electron chi connectivity index (χ1n) is 11.6. The first-order chi connectivity index (χ1) is 17.1. The van der Waals surface area contributed by atoms with Gasteiger partial charge in [0, 0.05) is 36.9 Å². The highest BCUT2D eigenvalue weighted by molar-refractivity contribution is 7.13. The molecule has 1 aromatic carbocycles. The minimum Gasteiger partial charge on any atom is -0.383 e. The lowest BCUT2D eigenvalue weighted by molar-refractivity contribution is -0.133. The molecule has 6 rings (SSSR count). The first kappa shape index (κ1) is 23.1. The van der Waals surface area contributed by atoms with Gasteiger partial charge in [-0.05, 0) is 37.0 Å². The van der Waals surface area contributed by atoms with Gasteiger partial charge in [0.25, 0.3) is 5.91 Å². The second kappa shape index (κ2) is 10.3. The number of fused-ring (bicyclic) bond motifs is 1. The Hall–Kier alpha value is -3.69. The van der Waals surface area contributed by atoms with E-state index in [-0.39, 0.29) is 11.9 Å². The van der Waals surface area contributed by atoms with E-state index in [9.17, 15) is 4.79 Å². The highest BCUT2D eigenvalue weighted by atomic mass is 32.1. The molecule has 1 aliphatic heterocycles. The van der Waals surface area contributed by atoms with Gasteiger partial charge in [0.1, 0.15) is 16.8 Å². The Bertz CT molecular complexity index is 1300. The second-order valence-electron chi connectivity index (χ2n) is 8.52. The molecule has 1 saturated heterocycles. The van der Waals surface area contributed by atoms with E-state index >= 15 is 0 Å². The zero-order valence-electron chi connectivity index (χ0n) is 19.3. The summed E-state index contributed by atoms with van der Waals surface area (Å²) in [7, 11) is 1.69. The van der Waals surface area contributed by atoms with Crippen LogP contribution in [0.5, 0.6) is 0 Å². The van der Waals surface area contributed by atoms with E-state index in [0.29, 0.717) is 18.9 Å². The van der Waals surface area contributed by atoms with Crippen LogP contribution in [0.1, 0.15) is 30.1 Å². The molecule has 4 heterocycles. The smallest absolute Gasteiger partial charge is 0.251 e. The second-order valence-corrected chi connectivity index (χ2v) is 9.38. The van der Waals surface area contributed by atoms with E-state index < -0.39 is 6.10 Å². The largest absolute Gasteiger partial charge is 0.383 e. The van der Waals surface area contributed by atoms with Crippen molar-refractivity contribution in [3.05, 3.63) is 77.6 Å². The first-order valence-corrected chi connectivity index (χ1v) is 12.4. The Morgan fingerprint density at radius 3 is 2.60 bits per heavy atom. The molecule has 2 atom stereocenters. The number of thiazole rings is 1. The third-order valence-corrected chi connectivity index (χ3v) is 7.00. The fourth-order valence-electron chi connectivity index (χ4n) is 4.19. The van der Waals surface area contributed by atoms with Crippen LogP contribution in [0.15, 0.2) is 66.3 Å². The molecule has 2 aliphatic rings. The summed E-state index contributed by atoms with van der Waals surface area (Å²) in [4.78, 5) is 30.5. The van der Waals surface area contributed by atoms with Gasteiger partial charge >= 0.3 is 0 Å². The molecule has 0 spiro atoms. The summed E-state index contributed by atoms with van der Waals surface area (Å²) in [5.74, 6) is 0.468. The van der Waals surface area contributed by atoms with Gasteiger partial charge < -0.3 is 15.3 Å². The summed E-state index contributed by atoms with van der Waals surface area (Å²) in [5.41, 5.74) is 5.22. The van der Waals surface area contributed by atoms with Gasteiger partial charge in [-0.3, -0.25) is 9.78 Å². The minimum absolute atomic E-state index is 0.148. The molecular formula is C26H26N6O2S. The van der Waals surface area contributed by atoms with Crippen molar-refractivity contribution in [2.75, 3.05) is 18.9 Å². The minimum atomic E-state index is -0.722. The fraction of sp³-hybridized carbons (Fsp3) is 0.269. The van der Waals surface area contributed by atoms with Crippen LogP contribution in [0, 0.1) is 0 Å². The molecule has 0 bridgehead atoms. The molecule has 9 heteroatoms. The van der Waals surface area contributed by atoms with Crippen LogP contribution >= 0.6 is 11.3 Å². The van der Waals surface area contributed by atoms with Crippen molar-refractivity contribution < 1.29 is 9.90 Å². The van der Waals surface area contributed by atoms with E-state index in [1.54, 1.807) is 24.6 Å². The monoisotopic (exact) mass is 486 g/mol. The van der Waals surface area contributed by atoms with Crippen molar-refractivity contribution in [3.63, 3.8) is 0 Å². The Labute approximate surface area is 207 Å². The SMILES string of the molecule is CN1CCC(O)C1=O.c1ccc(-c2nc(-c3ccnc(NC4CCc5cccnc54)n3)cs2)cc1. The molecule has 0 saturated carbocycles.